The van der Waals surface area contributed by atoms with E-state index in [4.69, 9.17) is 23.2 Å². The van der Waals surface area contributed by atoms with E-state index in [2.05, 4.69) is 29.6 Å². The molecule has 1 atom stereocenters. The van der Waals surface area contributed by atoms with Crippen LogP contribution in [0.1, 0.15) is 29.0 Å². The van der Waals surface area contributed by atoms with Gasteiger partial charge in [-0.05, 0) is 47.7 Å². The predicted octanol–water partition coefficient (Wildman–Crippen LogP) is 4.42. The monoisotopic (exact) mass is 347 g/mol. The number of Topliss-reactive ketones (excluding diaryl/α,β-unsaturated/α-hetero) is 1. The van der Waals surface area contributed by atoms with Gasteiger partial charge in [0.1, 0.15) is 5.78 Å². The van der Waals surface area contributed by atoms with Crippen LogP contribution in [0.5, 0.6) is 0 Å². The highest BCUT2D eigenvalue weighted by atomic mass is 35.5. The second-order valence-electron chi connectivity index (χ2n) is 6.07. The van der Waals surface area contributed by atoms with Gasteiger partial charge in [-0.2, -0.15) is 0 Å². The molecule has 0 radical (unpaired) electrons. The standard InChI is InChI=1S/C19H19Cl2NO/c20-18-6-3-14(11-19(18)21)10-17(23)9-13-1-4-15(5-2-13)16-7-8-22-12-16/h1-6,11,16,22H,7-10,12H2. The van der Waals surface area contributed by atoms with Crippen LogP contribution >= 0.6 is 23.2 Å². The van der Waals surface area contributed by atoms with E-state index in [0.717, 1.165) is 24.2 Å². The number of hydrogen-bond donors (Lipinski definition) is 1. The first kappa shape index (κ1) is 16.5. The fraction of sp³-hybridized carbons (Fsp3) is 0.316. The molecule has 1 fully saturated rings. The summed E-state index contributed by atoms with van der Waals surface area (Å²) < 4.78 is 0. The van der Waals surface area contributed by atoms with Gasteiger partial charge in [-0.3, -0.25) is 4.79 Å². The Hall–Kier alpha value is -1.35. The van der Waals surface area contributed by atoms with Crippen LogP contribution < -0.4 is 5.32 Å². The zero-order valence-electron chi connectivity index (χ0n) is 12.8. The number of nitrogens with one attached hydrogen (secondary N) is 1. The minimum Gasteiger partial charge on any atom is -0.316 e. The minimum absolute atomic E-state index is 0.179. The molecular weight excluding hydrogens is 329 g/mol. The Morgan fingerprint density at radius 1 is 1.00 bits per heavy atom. The van der Waals surface area contributed by atoms with Crippen LogP contribution in [-0.4, -0.2) is 18.9 Å². The van der Waals surface area contributed by atoms with E-state index in [-0.39, 0.29) is 5.78 Å². The van der Waals surface area contributed by atoms with Crippen LogP contribution in [0.15, 0.2) is 42.5 Å². The molecule has 0 aromatic heterocycles. The Balaban J connectivity index is 1.59. The molecule has 4 heteroatoms. The molecule has 120 valence electrons. The molecule has 0 spiro atoms. The van der Waals surface area contributed by atoms with Crippen molar-refractivity contribution in [3.63, 3.8) is 0 Å². The molecule has 23 heavy (non-hydrogen) atoms. The maximum absolute atomic E-state index is 12.2. The van der Waals surface area contributed by atoms with Gasteiger partial charge in [0.2, 0.25) is 0 Å². The number of ketones is 1. The Morgan fingerprint density at radius 3 is 2.35 bits per heavy atom. The van der Waals surface area contributed by atoms with E-state index in [1.54, 1.807) is 12.1 Å². The SMILES string of the molecule is O=C(Cc1ccc(C2CCNC2)cc1)Cc1ccc(Cl)c(Cl)c1. The molecule has 2 aromatic rings. The zero-order chi connectivity index (χ0) is 16.2. The fourth-order valence-corrected chi connectivity index (χ4v) is 3.33. The molecule has 2 nitrogen and oxygen atoms in total. The summed E-state index contributed by atoms with van der Waals surface area (Å²) in [6.45, 7) is 2.14. The highest BCUT2D eigenvalue weighted by molar-refractivity contribution is 6.42. The van der Waals surface area contributed by atoms with Crippen molar-refractivity contribution in [3.8, 4) is 0 Å². The third-order valence-electron chi connectivity index (χ3n) is 4.30. The first-order valence-corrected chi connectivity index (χ1v) is 8.62. The van der Waals surface area contributed by atoms with Crippen LogP contribution in [0.2, 0.25) is 10.0 Å². The van der Waals surface area contributed by atoms with Crippen molar-refractivity contribution < 1.29 is 4.79 Å². The second kappa shape index (κ2) is 7.48. The van der Waals surface area contributed by atoms with Crippen molar-refractivity contribution in [1.29, 1.82) is 0 Å². The highest BCUT2D eigenvalue weighted by Crippen LogP contribution is 2.24. The van der Waals surface area contributed by atoms with Gasteiger partial charge < -0.3 is 5.32 Å². The number of carbonyl (C=O) groups is 1. The van der Waals surface area contributed by atoms with Crippen LogP contribution in [-0.2, 0) is 17.6 Å². The first-order valence-electron chi connectivity index (χ1n) is 7.87. The molecule has 1 saturated heterocycles. The lowest BCUT2D eigenvalue weighted by Crippen LogP contribution is -2.08. The molecule has 0 saturated carbocycles. The third-order valence-corrected chi connectivity index (χ3v) is 5.04. The number of hydrogen-bond acceptors (Lipinski definition) is 2. The largest absolute Gasteiger partial charge is 0.316 e. The predicted molar refractivity (Wildman–Crippen MR) is 95.5 cm³/mol. The zero-order valence-corrected chi connectivity index (χ0v) is 14.3. The van der Waals surface area contributed by atoms with Gasteiger partial charge in [0.15, 0.2) is 0 Å². The average molecular weight is 348 g/mol. The molecule has 1 unspecified atom stereocenters. The fourth-order valence-electron chi connectivity index (χ4n) is 3.01. The topological polar surface area (TPSA) is 29.1 Å². The van der Waals surface area contributed by atoms with Crippen LogP contribution in [0.25, 0.3) is 0 Å². The summed E-state index contributed by atoms with van der Waals surface area (Å²) in [4.78, 5) is 12.2. The molecule has 2 aromatic carbocycles. The van der Waals surface area contributed by atoms with Gasteiger partial charge in [0, 0.05) is 19.4 Å². The first-order chi connectivity index (χ1) is 11.1. The summed E-state index contributed by atoms with van der Waals surface area (Å²) in [5.74, 6) is 0.787. The molecule has 0 bridgehead atoms. The second-order valence-corrected chi connectivity index (χ2v) is 6.89. The normalized spacial score (nSPS) is 17.4. The lowest BCUT2D eigenvalue weighted by Gasteiger charge is -2.09. The van der Waals surface area contributed by atoms with Crippen molar-refractivity contribution in [3.05, 3.63) is 69.2 Å². The quantitative estimate of drug-likeness (QED) is 0.866. The van der Waals surface area contributed by atoms with Gasteiger partial charge in [-0.25, -0.2) is 0 Å². The average Bonchev–Trinajstić information content (AvgIpc) is 3.06. The molecule has 0 amide bonds. The van der Waals surface area contributed by atoms with Gasteiger partial charge in [-0.15, -0.1) is 0 Å². The summed E-state index contributed by atoms with van der Waals surface area (Å²) in [6, 6.07) is 13.8. The van der Waals surface area contributed by atoms with Crippen molar-refractivity contribution in [2.75, 3.05) is 13.1 Å². The Morgan fingerprint density at radius 2 is 1.70 bits per heavy atom. The molecule has 1 aliphatic rings. The van der Waals surface area contributed by atoms with Gasteiger partial charge >= 0.3 is 0 Å². The summed E-state index contributed by atoms with van der Waals surface area (Å²) in [6.07, 6.45) is 2.02. The van der Waals surface area contributed by atoms with E-state index in [1.165, 1.54) is 12.0 Å². The van der Waals surface area contributed by atoms with Gasteiger partial charge in [0.25, 0.3) is 0 Å². The third kappa shape index (κ3) is 4.35. The highest BCUT2D eigenvalue weighted by Gasteiger charge is 2.16. The summed E-state index contributed by atoms with van der Waals surface area (Å²) in [7, 11) is 0. The number of halogens is 2. The van der Waals surface area contributed by atoms with E-state index in [0.29, 0.717) is 28.8 Å². The van der Waals surface area contributed by atoms with E-state index >= 15 is 0 Å². The van der Waals surface area contributed by atoms with Gasteiger partial charge in [-0.1, -0.05) is 53.5 Å². The maximum atomic E-state index is 12.2. The Labute approximate surface area is 146 Å². The minimum atomic E-state index is 0.179. The van der Waals surface area contributed by atoms with Crippen molar-refractivity contribution >= 4 is 29.0 Å². The number of rotatable bonds is 5. The lowest BCUT2D eigenvalue weighted by molar-refractivity contribution is -0.117. The molecule has 1 heterocycles. The van der Waals surface area contributed by atoms with Gasteiger partial charge in [0.05, 0.1) is 10.0 Å². The lowest BCUT2D eigenvalue weighted by atomic mass is 9.95. The summed E-state index contributed by atoms with van der Waals surface area (Å²) in [5.41, 5.74) is 3.32. The van der Waals surface area contributed by atoms with Crippen LogP contribution in [0.4, 0.5) is 0 Å². The molecule has 0 aliphatic carbocycles. The summed E-state index contributed by atoms with van der Waals surface area (Å²) in [5, 5.41) is 4.38. The Kier molecular flexibility index (Phi) is 5.37. The van der Waals surface area contributed by atoms with Crippen molar-refractivity contribution in [1.82, 2.24) is 5.32 Å². The number of benzene rings is 2. The van der Waals surface area contributed by atoms with Crippen LogP contribution in [0.3, 0.4) is 0 Å². The molecular formula is C19H19Cl2NO. The summed E-state index contributed by atoms with van der Waals surface area (Å²) >= 11 is 11.9. The van der Waals surface area contributed by atoms with E-state index in [9.17, 15) is 4.79 Å². The smallest absolute Gasteiger partial charge is 0.141 e. The molecule has 3 rings (SSSR count). The van der Waals surface area contributed by atoms with Crippen molar-refractivity contribution in [2.45, 2.75) is 25.2 Å². The molecule has 1 aliphatic heterocycles. The van der Waals surface area contributed by atoms with Crippen molar-refractivity contribution in [2.24, 2.45) is 0 Å². The number of carbonyl (C=O) groups excluding carboxylic acids is 1. The maximum Gasteiger partial charge on any atom is 0.141 e. The van der Waals surface area contributed by atoms with Crippen LogP contribution in [0, 0.1) is 0 Å². The Bertz CT molecular complexity index is 691. The van der Waals surface area contributed by atoms with E-state index in [1.807, 2.05) is 6.07 Å². The van der Waals surface area contributed by atoms with E-state index < -0.39 is 0 Å². The molecule has 1 N–H and O–H groups in total.